The summed E-state index contributed by atoms with van der Waals surface area (Å²) in [5, 5.41) is 12.4. The normalized spacial score (nSPS) is 10.7. The largest absolute Gasteiger partial charge is 0.351 e. The minimum absolute atomic E-state index is 0.155. The maximum Gasteiger partial charge on any atom is 0.173 e. The number of benzene rings is 1. The van der Waals surface area contributed by atoms with Crippen LogP contribution in [0, 0.1) is 11.3 Å². The molecular formula is C15H21N3S. The molecule has 0 heterocycles. The van der Waals surface area contributed by atoms with Gasteiger partial charge in [0.05, 0.1) is 12.5 Å². The Morgan fingerprint density at radius 1 is 1.32 bits per heavy atom. The zero-order chi connectivity index (χ0) is 14.5. The number of anilines is 1. The zero-order valence-electron chi connectivity index (χ0n) is 12.0. The number of thiocarbonyl (C=S) groups is 1. The van der Waals surface area contributed by atoms with Crippen molar-refractivity contribution in [3.63, 3.8) is 0 Å². The molecule has 0 aromatic heterocycles. The van der Waals surface area contributed by atoms with Crippen molar-refractivity contribution < 1.29 is 0 Å². The standard InChI is InChI=1S/C15H21N3S/c1-15(2,3)12-6-8-13(9-7-12)17-14(19)18(4)11-5-10-16/h6-9H,5,11H2,1-4H3,(H,17,19). The van der Waals surface area contributed by atoms with Crippen LogP contribution >= 0.6 is 12.2 Å². The van der Waals surface area contributed by atoms with Crippen molar-refractivity contribution in [2.24, 2.45) is 0 Å². The molecular weight excluding hydrogens is 254 g/mol. The first-order valence-corrected chi connectivity index (χ1v) is 6.75. The number of nitrogens with one attached hydrogen (secondary N) is 1. The molecule has 0 bridgehead atoms. The molecule has 0 saturated carbocycles. The van der Waals surface area contributed by atoms with Gasteiger partial charge in [-0.15, -0.1) is 0 Å². The molecule has 1 N–H and O–H groups in total. The lowest BCUT2D eigenvalue weighted by Crippen LogP contribution is -2.31. The topological polar surface area (TPSA) is 39.1 Å². The van der Waals surface area contributed by atoms with Gasteiger partial charge in [-0.3, -0.25) is 0 Å². The second kappa shape index (κ2) is 6.53. The first-order valence-electron chi connectivity index (χ1n) is 6.34. The number of rotatable bonds is 3. The Labute approximate surface area is 121 Å². The van der Waals surface area contributed by atoms with Crippen molar-refractivity contribution >= 4 is 23.0 Å². The third-order valence-corrected chi connectivity index (χ3v) is 3.32. The van der Waals surface area contributed by atoms with E-state index in [2.05, 4.69) is 44.3 Å². The maximum atomic E-state index is 8.55. The highest BCUT2D eigenvalue weighted by Crippen LogP contribution is 2.23. The first kappa shape index (κ1) is 15.5. The van der Waals surface area contributed by atoms with Gasteiger partial charge in [-0.05, 0) is 35.3 Å². The maximum absolute atomic E-state index is 8.55. The lowest BCUT2D eigenvalue weighted by atomic mass is 9.87. The lowest BCUT2D eigenvalue weighted by Gasteiger charge is -2.21. The summed E-state index contributed by atoms with van der Waals surface area (Å²) in [6.07, 6.45) is 0.473. The highest BCUT2D eigenvalue weighted by molar-refractivity contribution is 7.80. The van der Waals surface area contributed by atoms with E-state index in [4.69, 9.17) is 17.5 Å². The van der Waals surface area contributed by atoms with Gasteiger partial charge in [0.2, 0.25) is 0 Å². The second-order valence-electron chi connectivity index (χ2n) is 5.59. The molecule has 0 saturated heterocycles. The van der Waals surface area contributed by atoms with Gasteiger partial charge in [0.15, 0.2) is 5.11 Å². The summed E-state index contributed by atoms with van der Waals surface area (Å²) in [6.45, 7) is 7.21. The second-order valence-corrected chi connectivity index (χ2v) is 5.97. The molecule has 0 aliphatic carbocycles. The van der Waals surface area contributed by atoms with Crippen LogP contribution in [0.4, 0.5) is 5.69 Å². The monoisotopic (exact) mass is 275 g/mol. The Bertz CT molecular complexity index is 466. The van der Waals surface area contributed by atoms with Crippen LogP contribution in [0.15, 0.2) is 24.3 Å². The van der Waals surface area contributed by atoms with Crippen LogP contribution in [0.25, 0.3) is 0 Å². The third kappa shape index (κ3) is 4.88. The Morgan fingerprint density at radius 3 is 2.37 bits per heavy atom. The predicted octanol–water partition coefficient (Wildman–Crippen LogP) is 3.53. The first-order chi connectivity index (χ1) is 8.84. The van der Waals surface area contributed by atoms with Gasteiger partial charge >= 0.3 is 0 Å². The summed E-state index contributed by atoms with van der Waals surface area (Å²) in [5.74, 6) is 0. The van der Waals surface area contributed by atoms with Gasteiger partial charge in [-0.2, -0.15) is 5.26 Å². The SMILES string of the molecule is CN(CCC#N)C(=S)Nc1ccc(C(C)(C)C)cc1. The zero-order valence-corrected chi connectivity index (χ0v) is 12.8. The van der Waals surface area contributed by atoms with Gasteiger partial charge in [-0.25, -0.2) is 0 Å². The van der Waals surface area contributed by atoms with Crippen LogP contribution < -0.4 is 5.32 Å². The van der Waals surface area contributed by atoms with Crippen molar-refractivity contribution in [3.8, 4) is 6.07 Å². The molecule has 0 fully saturated rings. The van der Waals surface area contributed by atoms with E-state index in [0.717, 1.165) is 5.69 Å². The van der Waals surface area contributed by atoms with E-state index in [-0.39, 0.29) is 5.41 Å². The van der Waals surface area contributed by atoms with Crippen LogP contribution in [-0.4, -0.2) is 23.6 Å². The summed E-state index contributed by atoms with van der Waals surface area (Å²) < 4.78 is 0. The minimum atomic E-state index is 0.155. The highest BCUT2D eigenvalue weighted by atomic mass is 32.1. The number of nitriles is 1. The molecule has 0 aliphatic heterocycles. The molecule has 0 aliphatic rings. The number of hydrogen-bond acceptors (Lipinski definition) is 2. The summed E-state index contributed by atoms with van der Waals surface area (Å²) in [5.41, 5.74) is 2.42. The molecule has 0 radical (unpaired) electrons. The average molecular weight is 275 g/mol. The van der Waals surface area contributed by atoms with Crippen LogP contribution in [0.3, 0.4) is 0 Å². The predicted molar refractivity (Wildman–Crippen MR) is 84.2 cm³/mol. The molecule has 0 spiro atoms. The molecule has 0 amide bonds. The fourth-order valence-corrected chi connectivity index (χ4v) is 1.80. The molecule has 1 aromatic carbocycles. The third-order valence-electron chi connectivity index (χ3n) is 2.91. The Hall–Kier alpha value is -1.60. The molecule has 4 heteroatoms. The summed E-state index contributed by atoms with van der Waals surface area (Å²) in [4.78, 5) is 1.87. The summed E-state index contributed by atoms with van der Waals surface area (Å²) in [6, 6.07) is 10.4. The molecule has 0 atom stereocenters. The van der Waals surface area contributed by atoms with E-state index in [9.17, 15) is 0 Å². The van der Waals surface area contributed by atoms with E-state index >= 15 is 0 Å². The van der Waals surface area contributed by atoms with E-state index in [1.165, 1.54) is 5.56 Å². The van der Waals surface area contributed by atoms with E-state index in [1.54, 1.807) is 0 Å². The molecule has 1 rings (SSSR count). The summed E-state index contributed by atoms with van der Waals surface area (Å²) in [7, 11) is 1.89. The van der Waals surface area contributed by atoms with Crippen molar-refractivity contribution in [3.05, 3.63) is 29.8 Å². The molecule has 1 aromatic rings. The summed E-state index contributed by atoms with van der Waals surface area (Å²) >= 11 is 5.28. The van der Waals surface area contributed by atoms with Gasteiger partial charge in [0.25, 0.3) is 0 Å². The van der Waals surface area contributed by atoms with Crippen LogP contribution in [0.2, 0.25) is 0 Å². The van der Waals surface area contributed by atoms with Crippen LogP contribution in [0.5, 0.6) is 0 Å². The molecule has 19 heavy (non-hydrogen) atoms. The molecule has 3 nitrogen and oxygen atoms in total. The smallest absolute Gasteiger partial charge is 0.173 e. The Balaban J connectivity index is 2.63. The minimum Gasteiger partial charge on any atom is -0.351 e. The lowest BCUT2D eigenvalue weighted by molar-refractivity contribution is 0.523. The quantitative estimate of drug-likeness (QED) is 0.857. The molecule has 0 unspecified atom stereocenters. The van der Waals surface area contributed by atoms with E-state index in [0.29, 0.717) is 18.1 Å². The number of hydrogen-bond donors (Lipinski definition) is 1. The number of nitrogens with zero attached hydrogens (tertiary/aromatic N) is 2. The van der Waals surface area contributed by atoms with Gasteiger partial charge in [0, 0.05) is 19.3 Å². The Morgan fingerprint density at radius 2 is 1.89 bits per heavy atom. The van der Waals surface area contributed by atoms with E-state index < -0.39 is 0 Å². The fourth-order valence-electron chi connectivity index (χ4n) is 1.59. The molecule has 102 valence electrons. The highest BCUT2D eigenvalue weighted by Gasteiger charge is 2.13. The van der Waals surface area contributed by atoms with Gasteiger partial charge < -0.3 is 10.2 Å². The van der Waals surface area contributed by atoms with E-state index in [1.807, 2.05) is 24.1 Å². The van der Waals surface area contributed by atoms with Crippen LogP contribution in [-0.2, 0) is 5.41 Å². The van der Waals surface area contributed by atoms with Crippen molar-refractivity contribution in [1.29, 1.82) is 5.26 Å². The van der Waals surface area contributed by atoms with Crippen molar-refractivity contribution in [1.82, 2.24) is 4.90 Å². The van der Waals surface area contributed by atoms with Gasteiger partial charge in [0.1, 0.15) is 0 Å². The van der Waals surface area contributed by atoms with Crippen molar-refractivity contribution in [2.45, 2.75) is 32.6 Å². The van der Waals surface area contributed by atoms with Crippen LogP contribution in [0.1, 0.15) is 32.8 Å². The fraction of sp³-hybridized carbons (Fsp3) is 0.467. The Kier molecular flexibility index (Phi) is 5.31. The average Bonchev–Trinajstić information content (AvgIpc) is 2.35. The van der Waals surface area contributed by atoms with Crippen molar-refractivity contribution in [2.75, 3.05) is 18.9 Å². The van der Waals surface area contributed by atoms with Gasteiger partial charge in [-0.1, -0.05) is 32.9 Å².